The fourth-order valence-electron chi connectivity index (χ4n) is 1.38. The van der Waals surface area contributed by atoms with Crippen molar-refractivity contribution in [2.24, 2.45) is 5.41 Å². The van der Waals surface area contributed by atoms with Crippen molar-refractivity contribution in [3.05, 3.63) is 42.5 Å². The van der Waals surface area contributed by atoms with E-state index in [0.717, 1.165) is 11.1 Å². The van der Waals surface area contributed by atoms with Crippen molar-refractivity contribution in [2.75, 3.05) is 6.67 Å². The molecular formula is C15H21FS. The van der Waals surface area contributed by atoms with Gasteiger partial charge in [0.2, 0.25) is 0 Å². The summed E-state index contributed by atoms with van der Waals surface area (Å²) < 4.78 is 12.8. The van der Waals surface area contributed by atoms with E-state index in [1.807, 2.05) is 51.1 Å². The summed E-state index contributed by atoms with van der Waals surface area (Å²) in [5, 5.41) is 1.50. The molecule has 0 nitrogen and oxygen atoms in total. The summed E-state index contributed by atoms with van der Waals surface area (Å²) in [6, 6.07) is 9.80. The molecule has 0 aromatic heterocycles. The monoisotopic (exact) mass is 252 g/mol. The highest BCUT2D eigenvalue weighted by Gasteiger charge is 2.22. The van der Waals surface area contributed by atoms with Crippen LogP contribution in [0.25, 0.3) is 5.57 Å². The Morgan fingerprint density at radius 2 is 1.88 bits per heavy atom. The van der Waals surface area contributed by atoms with Crippen molar-refractivity contribution in [3.63, 3.8) is 0 Å². The standard InChI is InChI=1S/C13H15FS.C2H6/c1-11(8-13(2,9-14)10-15)12-6-4-3-5-7-12;1-2/h3-7,10H,1,8-9H2,2H3;1-2H3. The maximum atomic E-state index is 12.8. The van der Waals surface area contributed by atoms with Gasteiger partial charge in [-0.25, -0.2) is 0 Å². The van der Waals surface area contributed by atoms with Crippen LogP contribution in [0, 0.1) is 5.41 Å². The summed E-state index contributed by atoms with van der Waals surface area (Å²) >= 11 is 4.85. The molecule has 0 aliphatic carbocycles. The molecule has 0 amide bonds. The second-order valence-electron chi connectivity index (χ2n) is 4.05. The summed E-state index contributed by atoms with van der Waals surface area (Å²) in [6.07, 6.45) is 0.566. The van der Waals surface area contributed by atoms with E-state index in [2.05, 4.69) is 6.58 Å². The zero-order valence-electron chi connectivity index (χ0n) is 10.9. The Balaban J connectivity index is 0.00000121. The van der Waals surface area contributed by atoms with Gasteiger partial charge in [-0.3, -0.25) is 4.39 Å². The average Bonchev–Trinajstić information content (AvgIpc) is 2.42. The molecule has 1 rings (SSSR count). The molecule has 0 aliphatic heterocycles. The third-order valence-electron chi connectivity index (χ3n) is 2.39. The van der Waals surface area contributed by atoms with E-state index >= 15 is 0 Å². The first-order chi connectivity index (χ1) is 8.11. The fraction of sp³-hybridized carbons (Fsp3) is 0.400. The lowest BCUT2D eigenvalue weighted by atomic mass is 9.85. The fourth-order valence-corrected chi connectivity index (χ4v) is 1.53. The molecule has 0 bridgehead atoms. The second kappa shape index (κ2) is 8.13. The van der Waals surface area contributed by atoms with E-state index in [4.69, 9.17) is 12.2 Å². The van der Waals surface area contributed by atoms with Gasteiger partial charge in [0.15, 0.2) is 0 Å². The van der Waals surface area contributed by atoms with Gasteiger partial charge >= 0.3 is 0 Å². The number of allylic oxidation sites excluding steroid dienone is 1. The van der Waals surface area contributed by atoms with Crippen LogP contribution in [0.1, 0.15) is 32.8 Å². The first-order valence-corrected chi connectivity index (χ1v) is 6.34. The van der Waals surface area contributed by atoms with E-state index in [-0.39, 0.29) is 0 Å². The first kappa shape index (κ1) is 16.0. The minimum absolute atomic E-state index is 0.442. The molecule has 94 valence electrons. The second-order valence-corrected chi connectivity index (χ2v) is 4.29. The van der Waals surface area contributed by atoms with Gasteiger partial charge < -0.3 is 0 Å². The van der Waals surface area contributed by atoms with E-state index in [1.54, 1.807) is 0 Å². The lowest BCUT2D eigenvalue weighted by molar-refractivity contribution is 0.335. The molecule has 1 aromatic carbocycles. The summed E-state index contributed by atoms with van der Waals surface area (Å²) in [5.74, 6) is 0. The Labute approximate surface area is 110 Å². The third-order valence-corrected chi connectivity index (χ3v) is 2.96. The molecule has 0 radical (unpaired) electrons. The van der Waals surface area contributed by atoms with Crippen molar-refractivity contribution in [2.45, 2.75) is 27.2 Å². The summed E-state index contributed by atoms with van der Waals surface area (Å²) in [7, 11) is 0. The van der Waals surface area contributed by atoms with Crippen LogP contribution >= 0.6 is 12.2 Å². The zero-order valence-corrected chi connectivity index (χ0v) is 11.7. The van der Waals surface area contributed by atoms with Gasteiger partial charge in [-0.05, 0) is 22.9 Å². The molecule has 0 saturated heterocycles. The molecule has 0 N–H and O–H groups in total. The molecular weight excluding hydrogens is 231 g/mol. The lowest BCUT2D eigenvalue weighted by Crippen LogP contribution is -2.20. The first-order valence-electron chi connectivity index (χ1n) is 5.87. The van der Waals surface area contributed by atoms with Crippen LogP contribution in [0.5, 0.6) is 0 Å². The highest BCUT2D eigenvalue weighted by atomic mass is 32.1. The van der Waals surface area contributed by atoms with Crippen molar-refractivity contribution in [1.29, 1.82) is 0 Å². The van der Waals surface area contributed by atoms with Gasteiger partial charge in [0, 0.05) is 5.41 Å². The molecule has 0 aliphatic rings. The lowest BCUT2D eigenvalue weighted by Gasteiger charge is -2.21. The van der Waals surface area contributed by atoms with Gasteiger partial charge in [0.1, 0.15) is 0 Å². The van der Waals surface area contributed by atoms with Crippen molar-refractivity contribution < 1.29 is 4.39 Å². The number of alkyl halides is 1. The molecule has 1 atom stereocenters. The van der Waals surface area contributed by atoms with Gasteiger partial charge in [-0.15, -0.1) is 0 Å². The van der Waals surface area contributed by atoms with Gasteiger partial charge in [0.25, 0.3) is 0 Å². The van der Waals surface area contributed by atoms with Crippen LogP contribution in [0.2, 0.25) is 0 Å². The summed E-state index contributed by atoms with van der Waals surface area (Å²) in [5.41, 5.74) is 1.41. The Morgan fingerprint density at radius 1 is 1.35 bits per heavy atom. The predicted molar refractivity (Wildman–Crippen MR) is 79.2 cm³/mol. The number of hydrogen-bond acceptors (Lipinski definition) is 1. The number of benzene rings is 1. The molecule has 0 spiro atoms. The van der Waals surface area contributed by atoms with E-state index < -0.39 is 12.1 Å². The smallest absolute Gasteiger partial charge is 0.0993 e. The van der Waals surface area contributed by atoms with Crippen LogP contribution in [-0.2, 0) is 0 Å². The Hall–Kier alpha value is -1.02. The molecule has 0 fully saturated rings. The largest absolute Gasteiger partial charge is 0.250 e. The SMILES string of the molecule is C=C(CC(C)(C=S)CF)c1ccccc1.CC. The highest BCUT2D eigenvalue weighted by Crippen LogP contribution is 2.29. The van der Waals surface area contributed by atoms with E-state index in [1.165, 1.54) is 5.37 Å². The maximum absolute atomic E-state index is 12.8. The van der Waals surface area contributed by atoms with Crippen LogP contribution in [0.4, 0.5) is 4.39 Å². The number of rotatable bonds is 5. The van der Waals surface area contributed by atoms with Crippen LogP contribution in [-0.4, -0.2) is 12.0 Å². The number of thiocarbonyl (C=S) groups is 1. The van der Waals surface area contributed by atoms with Gasteiger partial charge in [-0.1, -0.05) is 69.9 Å². The zero-order chi connectivity index (χ0) is 13.3. The Morgan fingerprint density at radius 3 is 2.29 bits per heavy atom. The van der Waals surface area contributed by atoms with E-state index in [0.29, 0.717) is 6.42 Å². The number of hydrogen-bond donors (Lipinski definition) is 0. The normalized spacial score (nSPS) is 12.9. The predicted octanol–water partition coefficient (Wildman–Crippen LogP) is 5.09. The van der Waals surface area contributed by atoms with Crippen molar-refractivity contribution >= 4 is 23.2 Å². The van der Waals surface area contributed by atoms with Crippen LogP contribution < -0.4 is 0 Å². The molecule has 1 unspecified atom stereocenters. The maximum Gasteiger partial charge on any atom is 0.0993 e. The van der Waals surface area contributed by atoms with Crippen molar-refractivity contribution in [3.8, 4) is 0 Å². The van der Waals surface area contributed by atoms with Crippen molar-refractivity contribution in [1.82, 2.24) is 0 Å². The molecule has 2 heteroatoms. The van der Waals surface area contributed by atoms with Gasteiger partial charge in [0.05, 0.1) is 6.67 Å². The minimum atomic E-state index is -0.567. The van der Waals surface area contributed by atoms with Gasteiger partial charge in [-0.2, -0.15) is 0 Å². The molecule has 0 heterocycles. The topological polar surface area (TPSA) is 0 Å². The average molecular weight is 252 g/mol. The van der Waals surface area contributed by atoms with Crippen LogP contribution in [0.15, 0.2) is 36.9 Å². The quantitative estimate of drug-likeness (QED) is 0.658. The number of halogens is 1. The van der Waals surface area contributed by atoms with E-state index in [9.17, 15) is 4.39 Å². The Bertz CT molecular complexity index is 345. The Kier molecular flexibility index (Phi) is 7.64. The molecule has 17 heavy (non-hydrogen) atoms. The molecule has 0 saturated carbocycles. The summed E-state index contributed by atoms with van der Waals surface area (Å²) in [4.78, 5) is 0. The summed E-state index contributed by atoms with van der Waals surface area (Å²) in [6.45, 7) is 9.34. The minimum Gasteiger partial charge on any atom is -0.250 e. The molecule has 1 aromatic rings. The van der Waals surface area contributed by atoms with Crippen LogP contribution in [0.3, 0.4) is 0 Å². The third kappa shape index (κ3) is 5.22. The highest BCUT2D eigenvalue weighted by molar-refractivity contribution is 7.79.